The molecule has 0 heterocycles. The summed E-state index contributed by atoms with van der Waals surface area (Å²) in [6.07, 6.45) is 3.08. The molecule has 28 heavy (non-hydrogen) atoms. The van der Waals surface area contributed by atoms with Crippen molar-refractivity contribution in [3.8, 4) is 5.75 Å². The van der Waals surface area contributed by atoms with Crippen LogP contribution in [-0.2, 0) is 16.0 Å². The Hall–Kier alpha value is -2.82. The second kappa shape index (κ2) is 11.8. The van der Waals surface area contributed by atoms with E-state index in [-0.39, 0.29) is 11.9 Å². The van der Waals surface area contributed by atoms with Crippen molar-refractivity contribution >= 4 is 11.9 Å². The summed E-state index contributed by atoms with van der Waals surface area (Å²) >= 11 is 0. The van der Waals surface area contributed by atoms with Gasteiger partial charge in [-0.3, -0.25) is 4.79 Å². The fourth-order valence-electron chi connectivity index (χ4n) is 2.65. The Morgan fingerprint density at radius 2 is 1.71 bits per heavy atom. The van der Waals surface area contributed by atoms with Crippen LogP contribution >= 0.6 is 0 Å². The van der Waals surface area contributed by atoms with Gasteiger partial charge >= 0.3 is 5.97 Å². The summed E-state index contributed by atoms with van der Waals surface area (Å²) in [4.78, 5) is 24.1. The lowest BCUT2D eigenvalue weighted by molar-refractivity contribution is -0.151. The zero-order valence-corrected chi connectivity index (χ0v) is 16.6. The van der Waals surface area contributed by atoms with Crippen molar-refractivity contribution in [2.75, 3.05) is 13.2 Å². The number of amides is 1. The molecule has 1 atom stereocenters. The Labute approximate surface area is 167 Å². The van der Waals surface area contributed by atoms with Crippen molar-refractivity contribution in [2.45, 2.75) is 45.6 Å². The maximum Gasteiger partial charge on any atom is 0.347 e. The molecular weight excluding hydrogens is 354 g/mol. The van der Waals surface area contributed by atoms with Crippen molar-refractivity contribution < 1.29 is 19.1 Å². The molecule has 1 N–H and O–H groups in total. The number of carbonyl (C=O) groups excluding carboxylic acids is 2. The molecule has 0 aliphatic rings. The van der Waals surface area contributed by atoms with Crippen molar-refractivity contribution in [1.82, 2.24) is 5.32 Å². The number of esters is 1. The average Bonchev–Trinajstić information content (AvgIpc) is 2.72. The number of hydrogen-bond acceptors (Lipinski definition) is 4. The van der Waals surface area contributed by atoms with Crippen LogP contribution in [-0.4, -0.2) is 31.1 Å². The van der Waals surface area contributed by atoms with Gasteiger partial charge in [0.1, 0.15) is 5.75 Å². The molecule has 0 aliphatic heterocycles. The maximum atomic E-state index is 12.2. The van der Waals surface area contributed by atoms with E-state index in [0.717, 1.165) is 25.7 Å². The molecule has 2 rings (SSSR count). The normalized spacial score (nSPS) is 11.5. The van der Waals surface area contributed by atoms with E-state index >= 15 is 0 Å². The highest BCUT2D eigenvalue weighted by Gasteiger charge is 2.16. The molecule has 150 valence electrons. The largest absolute Gasteiger partial charge is 0.479 e. The average molecular weight is 383 g/mol. The van der Waals surface area contributed by atoms with Crippen LogP contribution in [0.5, 0.6) is 5.75 Å². The monoisotopic (exact) mass is 383 g/mol. The lowest BCUT2D eigenvalue weighted by atomic mass is 10.1. The number of hydrogen-bond donors (Lipinski definition) is 1. The van der Waals surface area contributed by atoms with Gasteiger partial charge in [-0.05, 0) is 49.6 Å². The van der Waals surface area contributed by atoms with E-state index in [1.165, 1.54) is 5.56 Å². The Kier molecular flexibility index (Phi) is 9.05. The van der Waals surface area contributed by atoms with Crippen LogP contribution in [0, 0.1) is 0 Å². The van der Waals surface area contributed by atoms with Crippen LogP contribution in [0.1, 0.15) is 49.0 Å². The first-order valence-corrected chi connectivity index (χ1v) is 9.85. The van der Waals surface area contributed by atoms with E-state index in [0.29, 0.717) is 24.5 Å². The predicted molar refractivity (Wildman–Crippen MR) is 109 cm³/mol. The number of benzene rings is 2. The Bertz CT molecular complexity index is 728. The molecule has 0 saturated heterocycles. The Morgan fingerprint density at radius 1 is 1.00 bits per heavy atom. The second-order valence-electron chi connectivity index (χ2n) is 6.65. The van der Waals surface area contributed by atoms with E-state index in [9.17, 15) is 9.59 Å². The SMILES string of the molecule is CCCCCOC(=O)[C@@H](C)Oc1ccc(C(=O)NCCc2ccccc2)cc1. The maximum absolute atomic E-state index is 12.2. The zero-order valence-electron chi connectivity index (χ0n) is 16.6. The third-order valence-electron chi connectivity index (χ3n) is 4.30. The van der Waals surface area contributed by atoms with E-state index in [4.69, 9.17) is 9.47 Å². The molecule has 0 aliphatic carbocycles. The third kappa shape index (κ3) is 7.43. The van der Waals surface area contributed by atoms with Gasteiger partial charge in [0, 0.05) is 12.1 Å². The van der Waals surface area contributed by atoms with Crippen LogP contribution in [0.2, 0.25) is 0 Å². The molecule has 5 nitrogen and oxygen atoms in total. The molecule has 0 unspecified atom stereocenters. The van der Waals surface area contributed by atoms with Crippen LogP contribution in [0.25, 0.3) is 0 Å². The first-order valence-electron chi connectivity index (χ1n) is 9.85. The Balaban J connectivity index is 1.75. The summed E-state index contributed by atoms with van der Waals surface area (Å²) in [6, 6.07) is 16.8. The molecule has 0 bridgehead atoms. The smallest absolute Gasteiger partial charge is 0.347 e. The van der Waals surface area contributed by atoms with Gasteiger partial charge in [0.05, 0.1) is 6.61 Å². The molecule has 0 saturated carbocycles. The molecule has 0 radical (unpaired) electrons. The van der Waals surface area contributed by atoms with Gasteiger partial charge in [-0.25, -0.2) is 4.79 Å². The molecule has 1 amide bonds. The minimum Gasteiger partial charge on any atom is -0.479 e. The summed E-state index contributed by atoms with van der Waals surface area (Å²) < 4.78 is 10.8. The number of ether oxygens (including phenoxy) is 2. The minimum absolute atomic E-state index is 0.133. The second-order valence-corrected chi connectivity index (χ2v) is 6.65. The number of rotatable bonds is 11. The van der Waals surface area contributed by atoms with Gasteiger partial charge in [-0.15, -0.1) is 0 Å². The summed E-state index contributed by atoms with van der Waals surface area (Å²) in [5.41, 5.74) is 1.73. The first-order chi connectivity index (χ1) is 13.6. The van der Waals surface area contributed by atoms with Gasteiger partial charge in [-0.2, -0.15) is 0 Å². The van der Waals surface area contributed by atoms with Crippen LogP contribution < -0.4 is 10.1 Å². The van der Waals surface area contributed by atoms with Gasteiger partial charge in [0.25, 0.3) is 5.91 Å². The molecule has 0 fully saturated rings. The topological polar surface area (TPSA) is 64.6 Å². The van der Waals surface area contributed by atoms with Gasteiger partial charge < -0.3 is 14.8 Å². The fourth-order valence-corrected chi connectivity index (χ4v) is 2.65. The molecule has 5 heteroatoms. The van der Waals surface area contributed by atoms with E-state index in [1.807, 2.05) is 30.3 Å². The van der Waals surface area contributed by atoms with Crippen molar-refractivity contribution in [3.63, 3.8) is 0 Å². The molecule has 0 spiro atoms. The van der Waals surface area contributed by atoms with Gasteiger partial charge in [0.2, 0.25) is 0 Å². The molecule has 2 aromatic rings. The molecule has 0 aromatic heterocycles. The number of carbonyl (C=O) groups is 2. The highest BCUT2D eigenvalue weighted by Crippen LogP contribution is 2.14. The molecule has 2 aromatic carbocycles. The Morgan fingerprint density at radius 3 is 2.39 bits per heavy atom. The van der Waals surface area contributed by atoms with Crippen molar-refractivity contribution in [2.24, 2.45) is 0 Å². The van der Waals surface area contributed by atoms with Crippen LogP contribution in [0.3, 0.4) is 0 Å². The summed E-state index contributed by atoms with van der Waals surface area (Å²) in [5, 5.41) is 2.91. The van der Waals surface area contributed by atoms with Gasteiger partial charge in [0.15, 0.2) is 6.10 Å². The first kappa shape index (κ1) is 21.5. The lowest BCUT2D eigenvalue weighted by Crippen LogP contribution is -2.27. The quantitative estimate of drug-likeness (QED) is 0.467. The summed E-state index contributed by atoms with van der Waals surface area (Å²) in [7, 11) is 0. The summed E-state index contributed by atoms with van der Waals surface area (Å²) in [5.74, 6) is 0.0172. The van der Waals surface area contributed by atoms with Crippen LogP contribution in [0.15, 0.2) is 54.6 Å². The van der Waals surface area contributed by atoms with Crippen molar-refractivity contribution in [1.29, 1.82) is 0 Å². The third-order valence-corrected chi connectivity index (χ3v) is 4.30. The zero-order chi connectivity index (χ0) is 20.2. The lowest BCUT2D eigenvalue weighted by Gasteiger charge is -2.14. The van der Waals surface area contributed by atoms with E-state index in [1.54, 1.807) is 31.2 Å². The number of nitrogens with one attached hydrogen (secondary N) is 1. The highest BCUT2D eigenvalue weighted by molar-refractivity contribution is 5.94. The van der Waals surface area contributed by atoms with E-state index in [2.05, 4.69) is 12.2 Å². The van der Waals surface area contributed by atoms with Gasteiger partial charge in [-0.1, -0.05) is 50.1 Å². The van der Waals surface area contributed by atoms with E-state index < -0.39 is 6.10 Å². The predicted octanol–water partition coefficient (Wildman–Crippen LogP) is 4.16. The molecular formula is C23H29NO4. The fraction of sp³-hybridized carbons (Fsp3) is 0.391. The number of unbranched alkanes of at least 4 members (excludes halogenated alkanes) is 2. The van der Waals surface area contributed by atoms with Crippen LogP contribution in [0.4, 0.5) is 0 Å². The standard InChI is InChI=1S/C23H29NO4/c1-3-4-8-17-27-23(26)18(2)28-21-13-11-20(12-14-21)22(25)24-16-15-19-9-6-5-7-10-19/h5-7,9-14,18H,3-4,8,15-17H2,1-2H3,(H,24,25)/t18-/m1/s1. The minimum atomic E-state index is -0.688. The highest BCUT2D eigenvalue weighted by atomic mass is 16.6. The summed E-state index contributed by atoms with van der Waals surface area (Å²) in [6.45, 7) is 4.75. The van der Waals surface area contributed by atoms with Crippen molar-refractivity contribution in [3.05, 3.63) is 65.7 Å².